The van der Waals surface area contributed by atoms with Gasteiger partial charge in [0, 0.05) is 12.4 Å². The Bertz CT molecular complexity index is 385. The highest BCUT2D eigenvalue weighted by Crippen LogP contribution is 2.01. The molecule has 0 aliphatic heterocycles. The molecule has 11 heavy (non-hydrogen) atoms. The predicted octanol–water partition coefficient (Wildman–Crippen LogP) is 0.728. The van der Waals surface area contributed by atoms with Crippen molar-refractivity contribution in [2.45, 2.75) is 6.92 Å². The van der Waals surface area contributed by atoms with Crippen LogP contribution >= 0.6 is 0 Å². The lowest BCUT2D eigenvalue weighted by molar-refractivity contribution is 1.06. The van der Waals surface area contributed by atoms with E-state index in [1.807, 2.05) is 6.92 Å². The molecule has 0 aliphatic carbocycles. The molecular weight excluding hydrogens is 140 g/mol. The van der Waals surface area contributed by atoms with Gasteiger partial charge in [0.25, 0.3) is 0 Å². The number of hydrogen-bond acceptors (Lipinski definition) is 4. The fourth-order valence-corrected chi connectivity index (χ4v) is 0.855. The second kappa shape index (κ2) is 2.23. The number of nitrogens with zero attached hydrogens (tertiary/aromatic N) is 4. The zero-order valence-corrected chi connectivity index (χ0v) is 6.02. The lowest BCUT2D eigenvalue weighted by Gasteiger charge is -1.93. The van der Waals surface area contributed by atoms with Gasteiger partial charge in [-0.05, 0) is 6.92 Å². The smallest absolute Gasteiger partial charge is 0.181 e. The Hall–Kier alpha value is -1.58. The Labute approximate surface area is 63.4 Å². The first-order valence-electron chi connectivity index (χ1n) is 3.26. The predicted molar refractivity (Wildman–Crippen MR) is 39.9 cm³/mol. The number of fused-ring (bicyclic) bond motifs is 1. The molecule has 0 radical (unpaired) electrons. The number of rotatable bonds is 0. The van der Waals surface area contributed by atoms with E-state index in [1.54, 1.807) is 18.6 Å². The quantitative estimate of drug-likeness (QED) is 0.549. The van der Waals surface area contributed by atoms with Crippen LogP contribution in [0.2, 0.25) is 0 Å². The first-order valence-corrected chi connectivity index (χ1v) is 3.26. The Morgan fingerprint density at radius 2 is 1.91 bits per heavy atom. The zero-order valence-electron chi connectivity index (χ0n) is 6.02. The Morgan fingerprint density at radius 3 is 2.82 bits per heavy atom. The van der Waals surface area contributed by atoms with Gasteiger partial charge in [0.15, 0.2) is 5.65 Å². The van der Waals surface area contributed by atoms with Crippen molar-refractivity contribution in [1.82, 2.24) is 19.9 Å². The van der Waals surface area contributed by atoms with Gasteiger partial charge in [0.1, 0.15) is 11.3 Å². The second-order valence-corrected chi connectivity index (χ2v) is 2.18. The minimum Gasteiger partial charge on any atom is -0.250 e. The lowest BCUT2D eigenvalue weighted by Crippen LogP contribution is -1.91. The summed E-state index contributed by atoms with van der Waals surface area (Å²) in [6, 6.07) is 0. The minimum absolute atomic E-state index is 0.653. The summed E-state index contributed by atoms with van der Waals surface area (Å²) in [7, 11) is 0. The molecule has 0 fully saturated rings. The van der Waals surface area contributed by atoms with Crippen LogP contribution in [0.4, 0.5) is 0 Å². The molecule has 4 heteroatoms. The summed E-state index contributed by atoms with van der Waals surface area (Å²) in [5, 5.41) is 0. The third kappa shape index (κ3) is 1.02. The van der Waals surface area contributed by atoms with Crippen LogP contribution in [0.25, 0.3) is 11.2 Å². The largest absolute Gasteiger partial charge is 0.250 e. The van der Waals surface area contributed by atoms with E-state index in [0.29, 0.717) is 5.65 Å². The summed E-state index contributed by atoms with van der Waals surface area (Å²) in [5.41, 5.74) is 1.39. The van der Waals surface area contributed by atoms with Crippen molar-refractivity contribution in [2.24, 2.45) is 0 Å². The summed E-state index contributed by atoms with van der Waals surface area (Å²) in [6.07, 6.45) is 4.92. The van der Waals surface area contributed by atoms with Crippen LogP contribution in [0.1, 0.15) is 5.82 Å². The van der Waals surface area contributed by atoms with Crippen molar-refractivity contribution in [3.8, 4) is 0 Å². The first-order chi connectivity index (χ1) is 5.36. The topological polar surface area (TPSA) is 51.6 Å². The van der Waals surface area contributed by atoms with Gasteiger partial charge in [-0.15, -0.1) is 0 Å². The maximum atomic E-state index is 4.09. The van der Waals surface area contributed by atoms with E-state index in [4.69, 9.17) is 0 Å². The van der Waals surface area contributed by atoms with E-state index in [-0.39, 0.29) is 0 Å². The molecule has 0 N–H and O–H groups in total. The maximum Gasteiger partial charge on any atom is 0.181 e. The molecule has 0 amide bonds. The molecule has 2 aromatic rings. The van der Waals surface area contributed by atoms with E-state index < -0.39 is 0 Å². The molecule has 4 nitrogen and oxygen atoms in total. The zero-order chi connectivity index (χ0) is 7.68. The Morgan fingerprint density at radius 1 is 1.09 bits per heavy atom. The van der Waals surface area contributed by atoms with Gasteiger partial charge in [-0.2, -0.15) is 0 Å². The molecule has 2 aromatic heterocycles. The van der Waals surface area contributed by atoms with Crippen molar-refractivity contribution in [2.75, 3.05) is 0 Å². The summed E-state index contributed by atoms with van der Waals surface area (Å²) in [5.74, 6) is 0.720. The number of aromatic nitrogens is 4. The summed E-state index contributed by atoms with van der Waals surface area (Å²) >= 11 is 0. The summed E-state index contributed by atoms with van der Waals surface area (Å²) in [4.78, 5) is 16.1. The molecule has 54 valence electrons. The van der Waals surface area contributed by atoms with Crippen LogP contribution < -0.4 is 0 Å². The van der Waals surface area contributed by atoms with Gasteiger partial charge in [-0.25, -0.2) is 19.9 Å². The van der Waals surface area contributed by atoms with Crippen LogP contribution in [-0.2, 0) is 0 Å². The van der Waals surface area contributed by atoms with Crippen molar-refractivity contribution in [1.29, 1.82) is 0 Å². The number of hydrogen-bond donors (Lipinski definition) is 0. The average Bonchev–Trinajstić information content (AvgIpc) is 2.04. The van der Waals surface area contributed by atoms with Crippen LogP contribution in [-0.4, -0.2) is 19.9 Å². The molecule has 0 saturated heterocycles. The van der Waals surface area contributed by atoms with E-state index in [9.17, 15) is 0 Å². The molecule has 2 rings (SSSR count). The molecule has 0 saturated carbocycles. The van der Waals surface area contributed by atoms with Crippen LogP contribution in [0.3, 0.4) is 0 Å². The highest BCUT2D eigenvalue weighted by atomic mass is 15.0. The van der Waals surface area contributed by atoms with Crippen LogP contribution in [0.15, 0.2) is 18.6 Å². The molecule has 2 heterocycles. The molecular formula is C7H6N4. The monoisotopic (exact) mass is 146 g/mol. The molecule has 0 unspecified atom stereocenters. The third-order valence-electron chi connectivity index (χ3n) is 1.35. The fraction of sp³-hybridized carbons (Fsp3) is 0.143. The van der Waals surface area contributed by atoms with Crippen molar-refractivity contribution < 1.29 is 0 Å². The van der Waals surface area contributed by atoms with Gasteiger partial charge in [0.2, 0.25) is 0 Å². The number of aryl methyl sites for hydroxylation is 1. The van der Waals surface area contributed by atoms with E-state index in [2.05, 4.69) is 19.9 Å². The normalized spacial score (nSPS) is 10.3. The van der Waals surface area contributed by atoms with Crippen LogP contribution in [0, 0.1) is 6.92 Å². The van der Waals surface area contributed by atoms with E-state index in [1.165, 1.54) is 0 Å². The summed E-state index contributed by atoms with van der Waals surface area (Å²) in [6.45, 7) is 1.83. The standard InChI is InChI=1S/C7H6N4/c1-5-10-4-6-7(11-5)9-3-2-8-6/h2-4H,1H3. The van der Waals surface area contributed by atoms with E-state index in [0.717, 1.165) is 11.3 Å². The van der Waals surface area contributed by atoms with Gasteiger partial charge in [-0.3, -0.25) is 0 Å². The van der Waals surface area contributed by atoms with E-state index >= 15 is 0 Å². The molecule has 0 aliphatic rings. The average molecular weight is 146 g/mol. The SMILES string of the molecule is Cc1ncc2nccnc2n1. The third-order valence-corrected chi connectivity index (χ3v) is 1.35. The van der Waals surface area contributed by atoms with Gasteiger partial charge < -0.3 is 0 Å². The van der Waals surface area contributed by atoms with Gasteiger partial charge >= 0.3 is 0 Å². The Balaban J connectivity index is 2.83. The van der Waals surface area contributed by atoms with Crippen molar-refractivity contribution in [3.05, 3.63) is 24.4 Å². The lowest BCUT2D eigenvalue weighted by atomic mass is 10.5. The minimum atomic E-state index is 0.653. The highest BCUT2D eigenvalue weighted by molar-refractivity contribution is 5.67. The molecule has 0 bridgehead atoms. The molecule has 0 atom stereocenters. The van der Waals surface area contributed by atoms with Crippen molar-refractivity contribution in [3.63, 3.8) is 0 Å². The first kappa shape index (κ1) is 6.15. The maximum absolute atomic E-state index is 4.09. The van der Waals surface area contributed by atoms with Crippen LogP contribution in [0.5, 0.6) is 0 Å². The Kier molecular flexibility index (Phi) is 1.25. The fourth-order valence-electron chi connectivity index (χ4n) is 0.855. The summed E-state index contributed by atoms with van der Waals surface area (Å²) < 4.78 is 0. The highest BCUT2D eigenvalue weighted by Gasteiger charge is 1.95. The molecule has 0 spiro atoms. The van der Waals surface area contributed by atoms with Crippen molar-refractivity contribution >= 4 is 11.2 Å². The molecule has 0 aromatic carbocycles. The van der Waals surface area contributed by atoms with Gasteiger partial charge in [0.05, 0.1) is 6.20 Å². The van der Waals surface area contributed by atoms with Gasteiger partial charge in [-0.1, -0.05) is 0 Å². The second-order valence-electron chi connectivity index (χ2n) is 2.18.